The van der Waals surface area contributed by atoms with E-state index in [1.165, 1.54) is 32.5 Å². The second-order valence-corrected chi connectivity index (χ2v) is 4.91. The van der Waals surface area contributed by atoms with E-state index in [1.807, 2.05) is 7.05 Å². The van der Waals surface area contributed by atoms with Crippen LogP contribution in [0, 0.1) is 5.92 Å². The number of rotatable bonds is 4. The third-order valence-corrected chi connectivity index (χ3v) is 3.63. The molecule has 2 heterocycles. The largest absolute Gasteiger partial charge is 0.355 e. The molecule has 16 heavy (non-hydrogen) atoms. The summed E-state index contributed by atoms with van der Waals surface area (Å²) in [6.07, 6.45) is 4.10. The second kappa shape index (κ2) is 6.55. The highest BCUT2D eigenvalue weighted by Crippen LogP contribution is 2.18. The van der Waals surface area contributed by atoms with Crippen molar-refractivity contribution in [1.82, 2.24) is 10.2 Å². The quantitative estimate of drug-likeness (QED) is 0.767. The SMILES string of the molecule is CNCC1CCN(CC2CCOCO2)CC1. The molecule has 0 aliphatic carbocycles. The standard InChI is InChI=1S/C12H24N2O2/c1-13-8-11-2-5-14(6-3-11)9-12-4-7-15-10-16-12/h11-13H,2-10H2,1H3. The van der Waals surface area contributed by atoms with Gasteiger partial charge in [-0.1, -0.05) is 0 Å². The predicted octanol–water partition coefficient (Wildman–Crippen LogP) is 0.681. The summed E-state index contributed by atoms with van der Waals surface area (Å²) >= 11 is 0. The van der Waals surface area contributed by atoms with E-state index >= 15 is 0 Å². The number of hydrogen-bond donors (Lipinski definition) is 1. The molecule has 0 aromatic carbocycles. The number of hydrogen-bond acceptors (Lipinski definition) is 4. The molecule has 4 nitrogen and oxygen atoms in total. The molecule has 2 fully saturated rings. The zero-order valence-corrected chi connectivity index (χ0v) is 10.3. The first-order chi connectivity index (χ1) is 7.88. The first kappa shape index (κ1) is 12.3. The van der Waals surface area contributed by atoms with Crippen LogP contribution in [0.5, 0.6) is 0 Å². The van der Waals surface area contributed by atoms with Crippen molar-refractivity contribution in [2.24, 2.45) is 5.92 Å². The molecular formula is C12H24N2O2. The van der Waals surface area contributed by atoms with E-state index in [0.717, 1.165) is 25.5 Å². The van der Waals surface area contributed by atoms with Crippen LogP contribution < -0.4 is 5.32 Å². The van der Waals surface area contributed by atoms with Gasteiger partial charge in [-0.05, 0) is 51.9 Å². The molecule has 2 aliphatic heterocycles. The van der Waals surface area contributed by atoms with Crippen molar-refractivity contribution < 1.29 is 9.47 Å². The molecule has 1 unspecified atom stereocenters. The summed E-state index contributed by atoms with van der Waals surface area (Å²) in [5.41, 5.74) is 0. The number of nitrogens with zero attached hydrogens (tertiary/aromatic N) is 1. The van der Waals surface area contributed by atoms with Gasteiger partial charge in [-0.2, -0.15) is 0 Å². The Balaban J connectivity index is 1.64. The molecule has 0 aromatic heterocycles. The summed E-state index contributed by atoms with van der Waals surface area (Å²) in [7, 11) is 2.04. The third-order valence-electron chi connectivity index (χ3n) is 3.63. The van der Waals surface area contributed by atoms with Crippen molar-refractivity contribution >= 4 is 0 Å². The Bertz CT molecular complexity index is 187. The molecule has 2 saturated heterocycles. The molecule has 2 aliphatic rings. The molecule has 0 bridgehead atoms. The van der Waals surface area contributed by atoms with Gasteiger partial charge in [0.15, 0.2) is 0 Å². The van der Waals surface area contributed by atoms with Crippen LogP contribution in [0.1, 0.15) is 19.3 Å². The summed E-state index contributed by atoms with van der Waals surface area (Å²) < 4.78 is 10.8. The Labute approximate surface area is 98.3 Å². The average Bonchev–Trinajstić information content (AvgIpc) is 2.33. The zero-order chi connectivity index (χ0) is 11.2. The van der Waals surface area contributed by atoms with Crippen molar-refractivity contribution in [3.05, 3.63) is 0 Å². The lowest BCUT2D eigenvalue weighted by atomic mass is 9.96. The van der Waals surface area contributed by atoms with Gasteiger partial charge in [-0.3, -0.25) is 0 Å². The molecule has 1 atom stereocenters. The summed E-state index contributed by atoms with van der Waals surface area (Å²) in [6, 6.07) is 0. The second-order valence-electron chi connectivity index (χ2n) is 4.91. The molecular weight excluding hydrogens is 204 g/mol. The minimum Gasteiger partial charge on any atom is -0.355 e. The molecule has 0 aromatic rings. The molecule has 94 valence electrons. The topological polar surface area (TPSA) is 33.7 Å². The van der Waals surface area contributed by atoms with Crippen LogP contribution in [-0.2, 0) is 9.47 Å². The van der Waals surface area contributed by atoms with Crippen LogP contribution in [0.25, 0.3) is 0 Å². The number of piperidine rings is 1. The first-order valence-electron chi connectivity index (χ1n) is 6.45. The van der Waals surface area contributed by atoms with Gasteiger partial charge in [-0.25, -0.2) is 0 Å². The van der Waals surface area contributed by atoms with Crippen LogP contribution in [-0.4, -0.2) is 57.6 Å². The highest BCUT2D eigenvalue weighted by atomic mass is 16.7. The fourth-order valence-electron chi connectivity index (χ4n) is 2.60. The number of likely N-dealkylation sites (tertiary alicyclic amines) is 1. The lowest BCUT2D eigenvalue weighted by Gasteiger charge is -2.35. The van der Waals surface area contributed by atoms with E-state index in [-0.39, 0.29) is 0 Å². The van der Waals surface area contributed by atoms with Crippen LogP contribution >= 0.6 is 0 Å². The Hall–Kier alpha value is -0.160. The summed E-state index contributed by atoms with van der Waals surface area (Å²) in [6.45, 7) is 6.07. The number of ether oxygens (including phenoxy) is 2. The van der Waals surface area contributed by atoms with Crippen LogP contribution in [0.15, 0.2) is 0 Å². The Kier molecular flexibility index (Phi) is 5.03. The molecule has 0 spiro atoms. The maximum atomic E-state index is 5.58. The van der Waals surface area contributed by atoms with E-state index in [1.54, 1.807) is 0 Å². The van der Waals surface area contributed by atoms with Crippen molar-refractivity contribution in [3.63, 3.8) is 0 Å². The lowest BCUT2D eigenvalue weighted by molar-refractivity contribution is -0.145. The van der Waals surface area contributed by atoms with Gasteiger partial charge in [0.1, 0.15) is 6.79 Å². The fourth-order valence-corrected chi connectivity index (χ4v) is 2.60. The van der Waals surface area contributed by atoms with Gasteiger partial charge in [0.25, 0.3) is 0 Å². The third kappa shape index (κ3) is 3.70. The van der Waals surface area contributed by atoms with Gasteiger partial charge in [-0.15, -0.1) is 0 Å². The van der Waals surface area contributed by atoms with Crippen LogP contribution in [0.3, 0.4) is 0 Å². The molecule has 4 heteroatoms. The Morgan fingerprint density at radius 2 is 2.06 bits per heavy atom. The maximum Gasteiger partial charge on any atom is 0.147 e. The minimum atomic E-state index is 0.398. The summed E-state index contributed by atoms with van der Waals surface area (Å²) in [5.74, 6) is 0.872. The van der Waals surface area contributed by atoms with Gasteiger partial charge in [0.05, 0.1) is 12.7 Å². The monoisotopic (exact) mass is 228 g/mol. The molecule has 0 amide bonds. The van der Waals surface area contributed by atoms with E-state index in [4.69, 9.17) is 9.47 Å². The predicted molar refractivity (Wildman–Crippen MR) is 63.4 cm³/mol. The lowest BCUT2D eigenvalue weighted by Crippen LogP contribution is -2.42. The zero-order valence-electron chi connectivity index (χ0n) is 10.3. The van der Waals surface area contributed by atoms with Crippen LogP contribution in [0.2, 0.25) is 0 Å². The van der Waals surface area contributed by atoms with Gasteiger partial charge < -0.3 is 19.7 Å². The highest BCUT2D eigenvalue weighted by Gasteiger charge is 2.22. The minimum absolute atomic E-state index is 0.398. The van der Waals surface area contributed by atoms with E-state index in [0.29, 0.717) is 12.9 Å². The van der Waals surface area contributed by atoms with Crippen molar-refractivity contribution in [2.75, 3.05) is 46.6 Å². The van der Waals surface area contributed by atoms with E-state index in [2.05, 4.69) is 10.2 Å². The first-order valence-corrected chi connectivity index (χ1v) is 6.45. The van der Waals surface area contributed by atoms with Crippen molar-refractivity contribution in [3.8, 4) is 0 Å². The summed E-state index contributed by atoms with van der Waals surface area (Å²) in [4.78, 5) is 2.54. The summed E-state index contributed by atoms with van der Waals surface area (Å²) in [5, 5.41) is 3.27. The van der Waals surface area contributed by atoms with Gasteiger partial charge >= 0.3 is 0 Å². The van der Waals surface area contributed by atoms with Gasteiger partial charge in [0.2, 0.25) is 0 Å². The Morgan fingerprint density at radius 3 is 2.69 bits per heavy atom. The average molecular weight is 228 g/mol. The van der Waals surface area contributed by atoms with E-state index in [9.17, 15) is 0 Å². The number of nitrogens with one attached hydrogen (secondary N) is 1. The molecule has 0 radical (unpaired) electrons. The smallest absolute Gasteiger partial charge is 0.147 e. The highest BCUT2D eigenvalue weighted by molar-refractivity contribution is 4.76. The molecule has 0 saturated carbocycles. The van der Waals surface area contributed by atoms with E-state index < -0.39 is 0 Å². The molecule has 1 N–H and O–H groups in total. The fraction of sp³-hybridized carbons (Fsp3) is 1.00. The van der Waals surface area contributed by atoms with Crippen LogP contribution in [0.4, 0.5) is 0 Å². The Morgan fingerprint density at radius 1 is 1.25 bits per heavy atom. The van der Waals surface area contributed by atoms with Gasteiger partial charge in [0, 0.05) is 6.54 Å². The van der Waals surface area contributed by atoms with Crippen molar-refractivity contribution in [2.45, 2.75) is 25.4 Å². The van der Waals surface area contributed by atoms with Crippen molar-refractivity contribution in [1.29, 1.82) is 0 Å². The maximum absolute atomic E-state index is 5.58. The molecule has 2 rings (SSSR count). The normalized spacial score (nSPS) is 29.4.